The molecule has 18 heavy (non-hydrogen) atoms. The van der Waals surface area contributed by atoms with E-state index >= 15 is 0 Å². The summed E-state index contributed by atoms with van der Waals surface area (Å²) in [4.78, 5) is 37.6. The second kappa shape index (κ2) is 4.61. The topological polar surface area (TPSA) is 111 Å². The number of nitrogens with one attached hydrogen (secondary N) is 1. The van der Waals surface area contributed by atoms with Gasteiger partial charge in [-0.1, -0.05) is 0 Å². The standard InChI is InChI=1S/C11H12N2O5/c14-7-4-8(11(17)18)13(5-7)10(16)6-1-2-12-9(15)3-6/h1-3,7-8,14H,4-5H2,(H,12,15)(H,17,18). The van der Waals surface area contributed by atoms with E-state index in [1.54, 1.807) is 0 Å². The first-order valence-electron chi connectivity index (χ1n) is 5.39. The number of aliphatic hydroxyl groups excluding tert-OH is 1. The van der Waals surface area contributed by atoms with Crippen LogP contribution in [0.1, 0.15) is 16.8 Å². The Hall–Kier alpha value is -2.15. The summed E-state index contributed by atoms with van der Waals surface area (Å²) < 4.78 is 0. The third kappa shape index (κ3) is 2.25. The lowest BCUT2D eigenvalue weighted by molar-refractivity contribution is -0.141. The van der Waals surface area contributed by atoms with Gasteiger partial charge in [-0.05, 0) is 6.07 Å². The molecule has 2 unspecified atom stereocenters. The number of hydrogen-bond donors (Lipinski definition) is 3. The lowest BCUT2D eigenvalue weighted by Gasteiger charge is -2.20. The zero-order valence-corrected chi connectivity index (χ0v) is 9.37. The molecule has 0 aromatic carbocycles. The molecule has 0 radical (unpaired) electrons. The number of aliphatic carboxylic acids is 1. The maximum absolute atomic E-state index is 12.1. The molecule has 2 rings (SSSR count). The zero-order chi connectivity index (χ0) is 13.3. The summed E-state index contributed by atoms with van der Waals surface area (Å²) in [6, 6.07) is 1.45. The number of β-amino-alcohol motifs (C(OH)–C–C–N with tert-alkyl or cyclic N) is 1. The lowest BCUT2D eigenvalue weighted by Crippen LogP contribution is -2.40. The van der Waals surface area contributed by atoms with Crippen LogP contribution in [-0.2, 0) is 4.79 Å². The van der Waals surface area contributed by atoms with Gasteiger partial charge in [-0.25, -0.2) is 4.79 Å². The van der Waals surface area contributed by atoms with Crippen molar-refractivity contribution in [3.63, 3.8) is 0 Å². The minimum absolute atomic E-state index is 0.00423. The quantitative estimate of drug-likeness (QED) is 0.627. The van der Waals surface area contributed by atoms with Gasteiger partial charge in [-0.2, -0.15) is 0 Å². The Morgan fingerprint density at radius 2 is 2.17 bits per heavy atom. The monoisotopic (exact) mass is 252 g/mol. The van der Waals surface area contributed by atoms with E-state index in [4.69, 9.17) is 5.11 Å². The molecule has 0 aliphatic carbocycles. The molecule has 7 heteroatoms. The summed E-state index contributed by atoms with van der Waals surface area (Å²) in [6.07, 6.45) is 0.472. The van der Waals surface area contributed by atoms with Crippen LogP contribution in [0.3, 0.4) is 0 Å². The van der Waals surface area contributed by atoms with Crippen LogP contribution in [0.4, 0.5) is 0 Å². The van der Waals surface area contributed by atoms with Gasteiger partial charge >= 0.3 is 5.97 Å². The molecule has 96 valence electrons. The molecule has 1 aromatic rings. The number of aromatic nitrogens is 1. The molecule has 1 aliphatic heterocycles. The number of pyridine rings is 1. The minimum atomic E-state index is -1.16. The highest BCUT2D eigenvalue weighted by Gasteiger charge is 2.39. The number of carboxylic acids is 1. The van der Waals surface area contributed by atoms with Crippen molar-refractivity contribution in [2.45, 2.75) is 18.6 Å². The van der Waals surface area contributed by atoms with Gasteiger partial charge in [0.05, 0.1) is 6.10 Å². The highest BCUT2D eigenvalue weighted by atomic mass is 16.4. The fraction of sp³-hybridized carbons (Fsp3) is 0.364. The molecule has 3 N–H and O–H groups in total. The Balaban J connectivity index is 2.28. The van der Waals surface area contributed by atoms with E-state index in [1.165, 1.54) is 12.3 Å². The van der Waals surface area contributed by atoms with Crippen molar-refractivity contribution >= 4 is 11.9 Å². The average molecular weight is 252 g/mol. The zero-order valence-electron chi connectivity index (χ0n) is 9.37. The number of carbonyl (C=O) groups is 2. The highest BCUT2D eigenvalue weighted by Crippen LogP contribution is 2.20. The predicted molar refractivity (Wildman–Crippen MR) is 60.1 cm³/mol. The Bertz CT molecular complexity index is 538. The molecular formula is C11H12N2O5. The molecule has 1 aromatic heterocycles. The second-order valence-electron chi connectivity index (χ2n) is 4.14. The smallest absolute Gasteiger partial charge is 0.326 e. The van der Waals surface area contributed by atoms with E-state index in [9.17, 15) is 19.5 Å². The SMILES string of the molecule is O=C(O)C1CC(O)CN1C(=O)c1cc[nH]c(=O)c1. The molecule has 2 heterocycles. The van der Waals surface area contributed by atoms with Gasteiger partial charge in [-0.15, -0.1) is 0 Å². The van der Waals surface area contributed by atoms with E-state index in [0.717, 1.165) is 11.0 Å². The van der Waals surface area contributed by atoms with Gasteiger partial charge in [0.15, 0.2) is 0 Å². The Morgan fingerprint density at radius 1 is 1.44 bits per heavy atom. The molecule has 0 spiro atoms. The molecule has 1 saturated heterocycles. The van der Waals surface area contributed by atoms with Gasteiger partial charge < -0.3 is 20.1 Å². The number of hydrogen-bond acceptors (Lipinski definition) is 4. The normalized spacial score (nSPS) is 23.1. The van der Waals surface area contributed by atoms with Crippen LogP contribution in [0.5, 0.6) is 0 Å². The highest BCUT2D eigenvalue weighted by molar-refractivity contribution is 5.96. The number of amides is 1. The Labute approximate surface area is 102 Å². The Morgan fingerprint density at radius 3 is 2.78 bits per heavy atom. The second-order valence-corrected chi connectivity index (χ2v) is 4.14. The van der Waals surface area contributed by atoms with Crippen LogP contribution in [0.25, 0.3) is 0 Å². The number of aliphatic hydroxyl groups is 1. The number of carboxylic acid groups (broad SMARTS) is 1. The first-order chi connectivity index (χ1) is 8.49. The molecule has 1 aliphatic rings. The summed E-state index contributed by atoms with van der Waals surface area (Å²) in [5.74, 6) is -1.73. The van der Waals surface area contributed by atoms with Crippen LogP contribution in [0.2, 0.25) is 0 Å². The number of likely N-dealkylation sites (tertiary alicyclic amines) is 1. The fourth-order valence-corrected chi connectivity index (χ4v) is 2.02. The average Bonchev–Trinajstić information content (AvgIpc) is 2.70. The van der Waals surface area contributed by atoms with Gasteiger partial charge in [0.2, 0.25) is 5.56 Å². The largest absolute Gasteiger partial charge is 0.480 e. The minimum Gasteiger partial charge on any atom is -0.480 e. The van der Waals surface area contributed by atoms with Crippen LogP contribution in [0, 0.1) is 0 Å². The summed E-state index contributed by atoms with van der Waals surface area (Å²) in [7, 11) is 0. The number of H-pyrrole nitrogens is 1. The van der Waals surface area contributed by atoms with Crippen LogP contribution in [-0.4, -0.2) is 50.7 Å². The van der Waals surface area contributed by atoms with Crippen molar-refractivity contribution in [3.8, 4) is 0 Å². The number of carbonyl (C=O) groups excluding carboxylic acids is 1. The van der Waals surface area contributed by atoms with E-state index in [2.05, 4.69) is 4.98 Å². The molecule has 1 amide bonds. The van der Waals surface area contributed by atoms with Gasteiger partial charge in [0.1, 0.15) is 6.04 Å². The van der Waals surface area contributed by atoms with Crippen molar-refractivity contribution in [1.82, 2.24) is 9.88 Å². The van der Waals surface area contributed by atoms with Crippen molar-refractivity contribution in [1.29, 1.82) is 0 Å². The van der Waals surface area contributed by atoms with E-state index in [-0.39, 0.29) is 18.5 Å². The maximum Gasteiger partial charge on any atom is 0.326 e. The maximum atomic E-state index is 12.1. The van der Waals surface area contributed by atoms with Gasteiger partial charge in [-0.3, -0.25) is 9.59 Å². The third-order valence-corrected chi connectivity index (χ3v) is 2.85. The fourth-order valence-electron chi connectivity index (χ4n) is 2.02. The third-order valence-electron chi connectivity index (χ3n) is 2.85. The van der Waals surface area contributed by atoms with E-state index < -0.39 is 29.6 Å². The van der Waals surface area contributed by atoms with Crippen LogP contribution < -0.4 is 5.56 Å². The van der Waals surface area contributed by atoms with E-state index in [1.807, 2.05) is 0 Å². The number of nitrogens with zero attached hydrogens (tertiary/aromatic N) is 1. The molecule has 2 atom stereocenters. The molecule has 0 bridgehead atoms. The molecule has 1 fully saturated rings. The van der Waals surface area contributed by atoms with Crippen LogP contribution >= 0.6 is 0 Å². The van der Waals surface area contributed by atoms with Crippen molar-refractivity contribution in [2.24, 2.45) is 0 Å². The number of aromatic amines is 1. The number of rotatable bonds is 2. The molecular weight excluding hydrogens is 240 g/mol. The Kier molecular flexibility index (Phi) is 3.15. The molecule has 0 saturated carbocycles. The van der Waals surface area contributed by atoms with Crippen molar-refractivity contribution < 1.29 is 19.8 Å². The lowest BCUT2D eigenvalue weighted by atomic mass is 10.2. The van der Waals surface area contributed by atoms with E-state index in [0.29, 0.717) is 0 Å². The first-order valence-corrected chi connectivity index (χ1v) is 5.39. The van der Waals surface area contributed by atoms with Gasteiger partial charge in [0, 0.05) is 30.8 Å². The summed E-state index contributed by atoms with van der Waals surface area (Å²) in [5, 5.41) is 18.4. The van der Waals surface area contributed by atoms with Crippen molar-refractivity contribution in [2.75, 3.05) is 6.54 Å². The van der Waals surface area contributed by atoms with Crippen LogP contribution in [0.15, 0.2) is 23.1 Å². The summed E-state index contributed by atoms with van der Waals surface area (Å²) in [5.41, 5.74) is -0.327. The molecule has 7 nitrogen and oxygen atoms in total. The summed E-state index contributed by atoms with van der Waals surface area (Å²) in [6.45, 7) is -0.0391. The predicted octanol–water partition coefficient (Wildman–Crippen LogP) is -0.965. The van der Waals surface area contributed by atoms with Gasteiger partial charge in [0.25, 0.3) is 5.91 Å². The van der Waals surface area contributed by atoms with Crippen molar-refractivity contribution in [3.05, 3.63) is 34.2 Å². The first kappa shape index (κ1) is 12.3. The summed E-state index contributed by atoms with van der Waals surface area (Å²) >= 11 is 0.